The fourth-order valence-electron chi connectivity index (χ4n) is 1.07. The molecule has 0 heterocycles. The van der Waals surface area contributed by atoms with Crippen molar-refractivity contribution in [3.05, 3.63) is 13.8 Å². The minimum Gasteiger partial charge on any atom is -0.356 e. The van der Waals surface area contributed by atoms with E-state index in [-0.39, 0.29) is 27.4 Å². The number of hydrogen-bond donors (Lipinski definition) is 0. The number of rotatable bonds is 6. The van der Waals surface area contributed by atoms with E-state index in [1.165, 1.54) is 0 Å². The molecule has 0 spiro atoms. The van der Waals surface area contributed by atoms with Gasteiger partial charge in [0.25, 0.3) is 0 Å². The van der Waals surface area contributed by atoms with Crippen LogP contribution in [-0.4, -0.2) is 20.5 Å². The first-order valence-corrected chi connectivity index (χ1v) is 4.23. The summed E-state index contributed by atoms with van der Waals surface area (Å²) in [6.45, 7) is 7.50. The molecule has 0 N–H and O–H groups in total. The van der Waals surface area contributed by atoms with E-state index in [4.69, 9.17) is 14.7 Å². The van der Waals surface area contributed by atoms with E-state index in [9.17, 15) is 0 Å². The van der Waals surface area contributed by atoms with Gasteiger partial charge in [0.15, 0.2) is 6.29 Å². The molecule has 0 aliphatic heterocycles. The Morgan fingerprint density at radius 2 is 1.71 bits per heavy atom. The Balaban J connectivity index is 0. The van der Waals surface area contributed by atoms with Gasteiger partial charge in [-0.05, 0) is 0 Å². The van der Waals surface area contributed by atoms with Crippen molar-refractivity contribution in [1.29, 1.82) is 5.26 Å². The zero-order valence-electron chi connectivity index (χ0n) is 8.78. The topological polar surface area (TPSA) is 42.2 Å². The molecule has 0 bridgehead atoms. The maximum absolute atomic E-state index is 8.98. The summed E-state index contributed by atoms with van der Waals surface area (Å²) in [4.78, 5) is 0. The second-order valence-electron chi connectivity index (χ2n) is 3.00. The van der Waals surface area contributed by atoms with Crippen molar-refractivity contribution in [1.82, 2.24) is 0 Å². The van der Waals surface area contributed by atoms with Crippen molar-refractivity contribution in [3.63, 3.8) is 0 Å². The quantitative estimate of drug-likeness (QED) is 0.533. The van der Waals surface area contributed by atoms with Gasteiger partial charge in [-0.25, -0.2) is 0 Å². The fourth-order valence-corrected chi connectivity index (χ4v) is 1.07. The van der Waals surface area contributed by atoms with Gasteiger partial charge in [0.1, 0.15) is 0 Å². The molecule has 0 aromatic heterocycles. The average molecular weight is 367 g/mol. The molecule has 0 unspecified atom stereocenters. The largest absolute Gasteiger partial charge is 2.00 e. The summed E-state index contributed by atoms with van der Waals surface area (Å²) in [5, 5.41) is 8.98. The number of hydrogen-bond acceptors (Lipinski definition) is 3. The molecule has 80 valence electrons. The van der Waals surface area contributed by atoms with Gasteiger partial charge in [0, 0.05) is 26.1 Å². The third-order valence-electron chi connectivity index (χ3n) is 2.28. The van der Waals surface area contributed by atoms with Crippen molar-refractivity contribution < 1.29 is 30.5 Å². The molecule has 0 aromatic rings. The second kappa shape index (κ2) is 8.41. The standard InChI is InChI=1S/C10H17NO2.W/c1-5-10(6-2,8-11)7-9(12-3)13-4;/h9H,1-2,5-7H2,3-4H3;/q-2;+2. The van der Waals surface area contributed by atoms with Gasteiger partial charge in [0.05, 0.1) is 6.07 Å². The van der Waals surface area contributed by atoms with Crippen molar-refractivity contribution in [3.8, 4) is 6.07 Å². The van der Waals surface area contributed by atoms with E-state index >= 15 is 0 Å². The molecule has 0 aliphatic rings. The monoisotopic (exact) mass is 367 g/mol. The molecule has 0 saturated carbocycles. The van der Waals surface area contributed by atoms with Gasteiger partial charge < -0.3 is 23.3 Å². The summed E-state index contributed by atoms with van der Waals surface area (Å²) >= 11 is 0. The van der Waals surface area contributed by atoms with Gasteiger partial charge in [-0.3, -0.25) is 0 Å². The summed E-state index contributed by atoms with van der Waals surface area (Å²) in [5.74, 6) is 0. The molecule has 3 nitrogen and oxygen atoms in total. The van der Waals surface area contributed by atoms with Gasteiger partial charge in [0.2, 0.25) is 0 Å². The Bertz CT molecular complexity index is 171. The molecule has 0 atom stereocenters. The number of nitriles is 1. The number of ether oxygens (including phenoxy) is 2. The van der Waals surface area contributed by atoms with Crippen LogP contribution in [0.2, 0.25) is 0 Å². The van der Waals surface area contributed by atoms with Gasteiger partial charge in [-0.1, -0.05) is 0 Å². The first-order valence-electron chi connectivity index (χ1n) is 4.23. The average Bonchev–Trinajstić information content (AvgIpc) is 2.21. The van der Waals surface area contributed by atoms with E-state index in [0.29, 0.717) is 19.3 Å². The van der Waals surface area contributed by atoms with E-state index in [0.717, 1.165) is 0 Å². The van der Waals surface area contributed by atoms with Crippen LogP contribution in [0.3, 0.4) is 0 Å². The molecule has 0 rings (SSSR count). The smallest absolute Gasteiger partial charge is 0.356 e. The van der Waals surface area contributed by atoms with Crippen molar-refractivity contribution in [2.75, 3.05) is 14.2 Å². The van der Waals surface area contributed by atoms with Crippen LogP contribution in [0.15, 0.2) is 0 Å². The van der Waals surface area contributed by atoms with E-state index < -0.39 is 5.41 Å². The van der Waals surface area contributed by atoms with Crippen LogP contribution in [-0.2, 0) is 30.5 Å². The summed E-state index contributed by atoms with van der Waals surface area (Å²) in [5.41, 5.74) is -0.517. The third-order valence-corrected chi connectivity index (χ3v) is 2.28. The molecule has 14 heavy (non-hydrogen) atoms. The predicted molar refractivity (Wildman–Crippen MR) is 50.4 cm³/mol. The Morgan fingerprint density at radius 1 is 1.29 bits per heavy atom. The van der Waals surface area contributed by atoms with Crippen molar-refractivity contribution >= 4 is 0 Å². The minimum atomic E-state index is -0.517. The molecule has 0 aromatic carbocycles. The van der Waals surface area contributed by atoms with Gasteiger partial charge in [-0.15, -0.1) is 0 Å². The molecule has 0 radical (unpaired) electrons. The van der Waals surface area contributed by atoms with Crippen LogP contribution in [0.5, 0.6) is 0 Å². The molecule has 4 heteroatoms. The Kier molecular flexibility index (Phi) is 9.93. The Hall–Kier alpha value is 0.0983. The molecular weight excluding hydrogens is 350 g/mol. The second-order valence-corrected chi connectivity index (χ2v) is 3.00. The van der Waals surface area contributed by atoms with E-state index in [2.05, 4.69) is 19.9 Å². The van der Waals surface area contributed by atoms with Crippen LogP contribution in [0.4, 0.5) is 0 Å². The van der Waals surface area contributed by atoms with Crippen LogP contribution < -0.4 is 0 Å². The molecule has 0 amide bonds. The Labute approximate surface area is 101 Å². The van der Waals surface area contributed by atoms with Crippen LogP contribution in [0.1, 0.15) is 19.3 Å². The summed E-state index contributed by atoms with van der Waals surface area (Å²) in [6, 6.07) is 2.23. The molecule has 0 fully saturated rings. The third kappa shape index (κ3) is 4.55. The zero-order chi connectivity index (χ0) is 10.3. The molecule has 0 saturated heterocycles. The SMILES string of the molecule is [CH2-]CC(C#N)(C[CH2-])CC(OC)OC.[W+2]. The zero-order valence-corrected chi connectivity index (χ0v) is 11.7. The summed E-state index contributed by atoms with van der Waals surface area (Å²) < 4.78 is 10.1. The maximum Gasteiger partial charge on any atom is 2.00 e. The molecule has 0 aliphatic carbocycles. The maximum atomic E-state index is 8.98. The van der Waals surface area contributed by atoms with E-state index in [1.807, 2.05) is 0 Å². The number of methoxy groups -OCH3 is 2. The van der Waals surface area contributed by atoms with Gasteiger partial charge in [-0.2, -0.15) is 18.1 Å². The fraction of sp³-hybridized carbons (Fsp3) is 0.700. The van der Waals surface area contributed by atoms with Crippen LogP contribution >= 0.6 is 0 Å². The first-order chi connectivity index (χ1) is 6.17. The molecular formula is C10H17NO2W. The normalized spacial score (nSPS) is 10.9. The van der Waals surface area contributed by atoms with E-state index in [1.54, 1.807) is 14.2 Å². The Morgan fingerprint density at radius 3 is 1.93 bits per heavy atom. The van der Waals surface area contributed by atoms with Crippen LogP contribution in [0.25, 0.3) is 0 Å². The van der Waals surface area contributed by atoms with Crippen molar-refractivity contribution in [2.24, 2.45) is 5.41 Å². The van der Waals surface area contributed by atoms with Gasteiger partial charge >= 0.3 is 21.1 Å². The van der Waals surface area contributed by atoms with Crippen molar-refractivity contribution in [2.45, 2.75) is 25.6 Å². The van der Waals surface area contributed by atoms with Crippen LogP contribution in [0, 0.1) is 30.6 Å². The minimum absolute atomic E-state index is 0. The predicted octanol–water partition coefficient (Wildman–Crippen LogP) is 1.95. The first kappa shape index (κ1) is 16.5. The summed E-state index contributed by atoms with van der Waals surface area (Å²) in [6.07, 6.45) is 1.22. The number of nitrogens with zero attached hydrogens (tertiary/aromatic N) is 1. The summed E-state index contributed by atoms with van der Waals surface area (Å²) in [7, 11) is 3.12.